The Bertz CT molecular complexity index is 419. The van der Waals surface area contributed by atoms with Crippen molar-refractivity contribution in [3.05, 3.63) is 0 Å². The van der Waals surface area contributed by atoms with Crippen molar-refractivity contribution in [2.75, 3.05) is 58.7 Å². The highest BCUT2D eigenvalue weighted by atomic mass is 32.2. The van der Waals surface area contributed by atoms with Gasteiger partial charge in [-0.25, -0.2) is 8.42 Å². The number of nitrogens with one attached hydrogen (secondary N) is 1. The molecule has 1 aliphatic heterocycles. The van der Waals surface area contributed by atoms with E-state index in [1.54, 1.807) is 0 Å². The molecule has 0 radical (unpaired) electrons. The fourth-order valence-electron chi connectivity index (χ4n) is 2.03. The molecule has 0 atom stereocenters. The first-order valence-corrected chi connectivity index (χ1v) is 9.18. The molecule has 0 spiro atoms. The van der Waals surface area contributed by atoms with Crippen molar-refractivity contribution in [2.45, 2.75) is 13.8 Å². The van der Waals surface area contributed by atoms with E-state index in [2.05, 4.69) is 10.2 Å². The van der Waals surface area contributed by atoms with Gasteiger partial charge >= 0.3 is 0 Å². The van der Waals surface area contributed by atoms with Crippen LogP contribution < -0.4 is 5.32 Å². The maximum absolute atomic E-state index is 11.8. The molecule has 1 N–H and O–H groups in total. The summed E-state index contributed by atoms with van der Waals surface area (Å²) >= 11 is 0. The van der Waals surface area contributed by atoms with E-state index in [-0.39, 0.29) is 11.8 Å². The van der Waals surface area contributed by atoms with Gasteiger partial charge in [0.15, 0.2) is 0 Å². The highest BCUT2D eigenvalue weighted by Crippen LogP contribution is 2.01. The molecule has 1 rings (SSSR count). The van der Waals surface area contributed by atoms with E-state index in [1.165, 1.54) is 10.6 Å². The van der Waals surface area contributed by atoms with E-state index in [4.69, 9.17) is 4.74 Å². The molecular weight excluding hydrogens is 294 g/mol. The molecule has 1 fully saturated rings. The third-order valence-electron chi connectivity index (χ3n) is 3.42. The van der Waals surface area contributed by atoms with E-state index in [0.717, 1.165) is 13.1 Å². The standard InChI is InChI=1S/C13H27N3O4S/c1-12(2)13(17)14-4-5-16(21(3,18)19)7-6-15-8-10-20-11-9-15/h12H,4-11H2,1-3H3,(H,14,17). The molecule has 0 unspecified atom stereocenters. The Morgan fingerprint density at radius 3 is 2.43 bits per heavy atom. The second-order valence-electron chi connectivity index (χ2n) is 5.56. The van der Waals surface area contributed by atoms with Crippen LogP contribution in [0, 0.1) is 5.92 Å². The summed E-state index contributed by atoms with van der Waals surface area (Å²) in [6, 6.07) is 0. The SMILES string of the molecule is CC(C)C(=O)NCCN(CCN1CCOCC1)S(C)(=O)=O. The van der Waals surface area contributed by atoms with Crippen LogP contribution in [-0.2, 0) is 19.6 Å². The lowest BCUT2D eigenvalue weighted by atomic mass is 10.2. The van der Waals surface area contributed by atoms with Gasteiger partial charge in [0.1, 0.15) is 0 Å². The first-order valence-electron chi connectivity index (χ1n) is 7.33. The normalized spacial score (nSPS) is 17.4. The molecule has 1 saturated heterocycles. The summed E-state index contributed by atoms with van der Waals surface area (Å²) in [5.41, 5.74) is 0. The maximum Gasteiger partial charge on any atom is 0.222 e. The molecule has 1 aliphatic rings. The molecule has 1 amide bonds. The second kappa shape index (κ2) is 8.67. The molecule has 7 nitrogen and oxygen atoms in total. The van der Waals surface area contributed by atoms with E-state index in [0.29, 0.717) is 39.4 Å². The average Bonchev–Trinajstić information content (AvgIpc) is 2.41. The Kier molecular flexibility index (Phi) is 7.58. The smallest absolute Gasteiger partial charge is 0.222 e. The molecule has 0 aromatic heterocycles. The van der Waals surface area contributed by atoms with Crippen molar-refractivity contribution in [3.63, 3.8) is 0 Å². The van der Waals surface area contributed by atoms with E-state index >= 15 is 0 Å². The maximum atomic E-state index is 11.8. The summed E-state index contributed by atoms with van der Waals surface area (Å²) in [4.78, 5) is 13.7. The molecule has 8 heteroatoms. The van der Waals surface area contributed by atoms with Gasteiger partial charge in [0.25, 0.3) is 0 Å². The third-order valence-corrected chi connectivity index (χ3v) is 4.73. The third kappa shape index (κ3) is 7.21. The summed E-state index contributed by atoms with van der Waals surface area (Å²) in [5, 5.41) is 2.74. The molecule has 0 aromatic rings. The highest BCUT2D eigenvalue weighted by molar-refractivity contribution is 7.88. The van der Waals surface area contributed by atoms with Crippen LogP contribution in [0.4, 0.5) is 0 Å². The first-order chi connectivity index (χ1) is 9.80. The van der Waals surface area contributed by atoms with Gasteiger partial charge in [0, 0.05) is 45.2 Å². The minimum atomic E-state index is -3.26. The predicted octanol–water partition coefficient (Wildman–Crippen LogP) is -0.648. The number of carbonyl (C=O) groups excluding carboxylic acids is 1. The molecule has 0 aliphatic carbocycles. The van der Waals surface area contributed by atoms with Crippen molar-refractivity contribution in [1.82, 2.24) is 14.5 Å². The largest absolute Gasteiger partial charge is 0.379 e. The molecule has 0 aromatic carbocycles. The molecule has 21 heavy (non-hydrogen) atoms. The Labute approximate surface area is 127 Å². The van der Waals surface area contributed by atoms with Crippen LogP contribution in [0.3, 0.4) is 0 Å². The van der Waals surface area contributed by atoms with Gasteiger partial charge in [-0.3, -0.25) is 9.69 Å². The number of amides is 1. The van der Waals surface area contributed by atoms with Crippen LogP contribution in [0.1, 0.15) is 13.8 Å². The van der Waals surface area contributed by atoms with E-state index < -0.39 is 10.0 Å². The Balaban J connectivity index is 2.39. The zero-order valence-corrected chi connectivity index (χ0v) is 14.0. The fraction of sp³-hybridized carbons (Fsp3) is 0.923. The molecule has 124 valence electrons. The topological polar surface area (TPSA) is 79.0 Å². The lowest BCUT2D eigenvalue weighted by Gasteiger charge is -2.29. The number of hydrogen-bond donors (Lipinski definition) is 1. The van der Waals surface area contributed by atoms with Crippen LogP contribution in [0.5, 0.6) is 0 Å². The van der Waals surface area contributed by atoms with Crippen LogP contribution in [0.2, 0.25) is 0 Å². The van der Waals surface area contributed by atoms with Crippen LogP contribution in [0.15, 0.2) is 0 Å². The van der Waals surface area contributed by atoms with E-state index in [9.17, 15) is 13.2 Å². The lowest BCUT2D eigenvalue weighted by molar-refractivity contribution is -0.123. The van der Waals surface area contributed by atoms with Gasteiger partial charge in [-0.2, -0.15) is 4.31 Å². The number of ether oxygens (including phenoxy) is 1. The number of hydrogen-bond acceptors (Lipinski definition) is 5. The lowest BCUT2D eigenvalue weighted by Crippen LogP contribution is -2.45. The van der Waals surface area contributed by atoms with Crippen LogP contribution in [0.25, 0.3) is 0 Å². The Morgan fingerprint density at radius 2 is 1.90 bits per heavy atom. The minimum absolute atomic E-state index is 0.0587. The molecule has 0 saturated carbocycles. The van der Waals surface area contributed by atoms with Gasteiger partial charge in [0.05, 0.1) is 19.5 Å². The van der Waals surface area contributed by atoms with E-state index in [1.807, 2.05) is 13.8 Å². The monoisotopic (exact) mass is 321 g/mol. The van der Waals surface area contributed by atoms with Crippen molar-refractivity contribution in [2.24, 2.45) is 5.92 Å². The van der Waals surface area contributed by atoms with Crippen molar-refractivity contribution in [1.29, 1.82) is 0 Å². The quantitative estimate of drug-likeness (QED) is 0.643. The number of nitrogens with zero attached hydrogens (tertiary/aromatic N) is 2. The number of rotatable bonds is 8. The summed E-state index contributed by atoms with van der Waals surface area (Å²) in [5.74, 6) is -0.151. The number of sulfonamides is 1. The van der Waals surface area contributed by atoms with Gasteiger partial charge in [0.2, 0.25) is 15.9 Å². The fourth-order valence-corrected chi connectivity index (χ4v) is 2.87. The predicted molar refractivity (Wildman–Crippen MR) is 81.5 cm³/mol. The minimum Gasteiger partial charge on any atom is -0.379 e. The second-order valence-corrected chi connectivity index (χ2v) is 7.54. The summed E-state index contributed by atoms with van der Waals surface area (Å²) in [6.45, 7) is 8.46. The van der Waals surface area contributed by atoms with Gasteiger partial charge in [-0.05, 0) is 0 Å². The highest BCUT2D eigenvalue weighted by Gasteiger charge is 2.19. The van der Waals surface area contributed by atoms with Crippen molar-refractivity contribution >= 4 is 15.9 Å². The molecule has 0 bridgehead atoms. The van der Waals surface area contributed by atoms with Crippen LogP contribution in [-0.4, -0.2) is 82.3 Å². The zero-order valence-electron chi connectivity index (χ0n) is 13.2. The Morgan fingerprint density at radius 1 is 1.29 bits per heavy atom. The van der Waals surface area contributed by atoms with Crippen molar-refractivity contribution < 1.29 is 17.9 Å². The van der Waals surface area contributed by atoms with Gasteiger partial charge in [-0.15, -0.1) is 0 Å². The summed E-state index contributed by atoms with van der Waals surface area (Å²) < 4.78 is 30.3. The molecule has 1 heterocycles. The zero-order chi connectivity index (χ0) is 15.9. The van der Waals surface area contributed by atoms with Crippen molar-refractivity contribution in [3.8, 4) is 0 Å². The van der Waals surface area contributed by atoms with Gasteiger partial charge < -0.3 is 10.1 Å². The van der Waals surface area contributed by atoms with Gasteiger partial charge in [-0.1, -0.05) is 13.8 Å². The number of carbonyl (C=O) groups is 1. The first kappa shape index (κ1) is 18.3. The number of morpholine rings is 1. The van der Waals surface area contributed by atoms with Crippen LogP contribution >= 0.6 is 0 Å². The average molecular weight is 321 g/mol. The summed E-state index contributed by atoms with van der Waals surface area (Å²) in [6.07, 6.45) is 1.20. The molecular formula is C13H27N3O4S. The summed E-state index contributed by atoms with van der Waals surface area (Å²) in [7, 11) is -3.26. The Hall–Kier alpha value is -0.700.